The molecule has 2 aromatic carbocycles. The van der Waals surface area contributed by atoms with E-state index in [4.69, 9.17) is 6.42 Å². The molecule has 2 heterocycles. The number of aromatic nitrogens is 1. The van der Waals surface area contributed by atoms with Gasteiger partial charge in [-0.2, -0.15) is 0 Å². The Balaban J connectivity index is 0.000000343. The summed E-state index contributed by atoms with van der Waals surface area (Å²) >= 11 is 1.47. The van der Waals surface area contributed by atoms with Crippen molar-refractivity contribution in [1.29, 1.82) is 0 Å². The monoisotopic (exact) mass is 457 g/mol. The van der Waals surface area contributed by atoms with Gasteiger partial charge in [0.25, 0.3) is 0 Å². The molecule has 0 fully saturated rings. The van der Waals surface area contributed by atoms with Gasteiger partial charge >= 0.3 is 5.97 Å². The Kier molecular flexibility index (Phi) is 5.75. The minimum absolute atomic E-state index is 0.177. The maximum Gasteiger partial charge on any atom is 0.352 e. The van der Waals surface area contributed by atoms with Crippen LogP contribution in [0.1, 0.15) is 32.5 Å². The molecular weight excluding hydrogens is 438 g/mol. The Labute approximate surface area is 201 Å². The number of carboxylic acid groups (broad SMARTS) is 1. The van der Waals surface area contributed by atoms with E-state index in [-0.39, 0.29) is 5.69 Å². The Morgan fingerprint density at radius 2 is 1.47 bits per heavy atom. The van der Waals surface area contributed by atoms with E-state index in [2.05, 4.69) is 42.0 Å². The number of terminal acetylenes is 1. The number of carboxylic acids is 1. The van der Waals surface area contributed by atoms with Gasteiger partial charge in [0.15, 0.2) is 0 Å². The molecule has 0 saturated carbocycles. The summed E-state index contributed by atoms with van der Waals surface area (Å²) in [6.45, 7) is 0. The Morgan fingerprint density at radius 3 is 2.00 bits per heavy atom. The van der Waals surface area contributed by atoms with Crippen LogP contribution in [0.4, 0.5) is 0 Å². The summed E-state index contributed by atoms with van der Waals surface area (Å²) < 4.78 is 2.56. The second-order valence-electron chi connectivity index (χ2n) is 7.74. The number of rotatable bonds is 3. The number of aromatic carboxylic acids is 1. The molecule has 2 aliphatic rings. The third-order valence-electron chi connectivity index (χ3n) is 5.60. The lowest BCUT2D eigenvalue weighted by atomic mass is 9.95. The van der Waals surface area contributed by atoms with E-state index in [9.17, 15) is 9.90 Å². The van der Waals surface area contributed by atoms with Crippen molar-refractivity contribution in [2.45, 2.75) is 6.04 Å². The van der Waals surface area contributed by atoms with Crippen molar-refractivity contribution in [2.75, 3.05) is 0 Å². The van der Waals surface area contributed by atoms with Crippen LogP contribution in [0.2, 0.25) is 0 Å². The summed E-state index contributed by atoms with van der Waals surface area (Å²) in [7, 11) is 0. The fourth-order valence-electron chi connectivity index (χ4n) is 3.79. The Morgan fingerprint density at radius 1 is 0.853 bits per heavy atom. The van der Waals surface area contributed by atoms with Crippen LogP contribution in [0.3, 0.4) is 0 Å². The smallest absolute Gasteiger partial charge is 0.352 e. The highest BCUT2D eigenvalue weighted by atomic mass is 32.1. The maximum atomic E-state index is 11.8. The zero-order chi connectivity index (χ0) is 23.5. The summed E-state index contributed by atoms with van der Waals surface area (Å²) in [5.74, 6) is 8.04. The molecule has 0 spiro atoms. The number of thiophene rings is 1. The fourth-order valence-corrected chi connectivity index (χ4v) is 4.73. The van der Waals surface area contributed by atoms with Crippen LogP contribution in [0, 0.1) is 24.2 Å². The number of nitrogens with zero attached hydrogens (tertiary/aromatic N) is 1. The van der Waals surface area contributed by atoms with Crippen molar-refractivity contribution in [3.8, 4) is 35.3 Å². The summed E-state index contributed by atoms with van der Waals surface area (Å²) in [5.41, 5.74) is 5.61. The van der Waals surface area contributed by atoms with Crippen LogP contribution in [0.15, 0.2) is 97.1 Å². The topological polar surface area (TPSA) is 42.2 Å². The molecular formula is C30H19NO2S. The molecule has 4 aromatic rings. The first-order chi connectivity index (χ1) is 16.6. The van der Waals surface area contributed by atoms with Gasteiger partial charge in [0.05, 0.1) is 15.1 Å². The second kappa shape index (κ2) is 9.16. The molecule has 6 rings (SSSR count). The van der Waals surface area contributed by atoms with Crippen molar-refractivity contribution < 1.29 is 9.90 Å². The van der Waals surface area contributed by atoms with E-state index < -0.39 is 12.0 Å². The van der Waals surface area contributed by atoms with Crippen LogP contribution < -0.4 is 0 Å². The van der Waals surface area contributed by atoms with Gasteiger partial charge in [-0.25, -0.2) is 4.79 Å². The van der Waals surface area contributed by atoms with Gasteiger partial charge in [-0.15, -0.1) is 17.8 Å². The Hall–Kier alpha value is -4.51. The van der Waals surface area contributed by atoms with Gasteiger partial charge in [-0.1, -0.05) is 90.6 Å². The summed E-state index contributed by atoms with van der Waals surface area (Å²) in [6, 6.07) is 30.8. The van der Waals surface area contributed by atoms with Crippen LogP contribution in [0.5, 0.6) is 0 Å². The van der Waals surface area contributed by atoms with E-state index in [1.807, 2.05) is 66.7 Å². The zero-order valence-corrected chi connectivity index (χ0v) is 18.9. The molecule has 0 bridgehead atoms. The lowest BCUT2D eigenvalue weighted by Gasteiger charge is -2.16. The van der Waals surface area contributed by atoms with Crippen LogP contribution in [-0.4, -0.2) is 15.6 Å². The molecule has 0 radical (unpaired) electrons. The number of carbonyl (C=O) groups is 1. The number of hydrogen-bond acceptors (Lipinski definition) is 2. The molecule has 0 amide bonds. The average Bonchev–Trinajstić information content (AvgIpc) is 3.41. The number of hydrogen-bond donors (Lipinski definition) is 1. The van der Waals surface area contributed by atoms with Gasteiger partial charge in [0.2, 0.25) is 0 Å². The van der Waals surface area contributed by atoms with E-state index in [0.29, 0.717) is 0 Å². The minimum atomic E-state index is -1.00. The molecule has 34 heavy (non-hydrogen) atoms. The van der Waals surface area contributed by atoms with Crippen molar-refractivity contribution in [3.05, 3.63) is 119 Å². The molecule has 2 aromatic heterocycles. The SMILES string of the molecule is C#CC(c1ccccc1)n1c(C(=O)O)cc2sc(C#Cc3ccccc3)cc21.c1cc2ccc1-2. The highest BCUT2D eigenvalue weighted by Gasteiger charge is 2.23. The summed E-state index contributed by atoms with van der Waals surface area (Å²) in [5, 5.41) is 9.68. The van der Waals surface area contributed by atoms with Crippen molar-refractivity contribution in [1.82, 2.24) is 4.57 Å². The van der Waals surface area contributed by atoms with Gasteiger partial charge in [-0.3, -0.25) is 0 Å². The molecule has 1 unspecified atom stereocenters. The third kappa shape index (κ3) is 4.11. The first-order valence-corrected chi connectivity index (χ1v) is 11.5. The molecule has 0 aliphatic heterocycles. The van der Waals surface area contributed by atoms with E-state index in [1.54, 1.807) is 10.6 Å². The van der Waals surface area contributed by atoms with Gasteiger partial charge in [0, 0.05) is 5.56 Å². The van der Waals surface area contributed by atoms with Crippen LogP contribution >= 0.6 is 11.3 Å². The molecule has 1 N–H and O–H groups in total. The van der Waals surface area contributed by atoms with Gasteiger partial charge < -0.3 is 9.67 Å². The maximum absolute atomic E-state index is 11.8. The number of fused-ring (bicyclic) bond motifs is 2. The summed E-state index contributed by atoms with van der Waals surface area (Å²) in [4.78, 5) is 12.7. The van der Waals surface area contributed by atoms with Crippen LogP contribution in [-0.2, 0) is 0 Å². The highest BCUT2D eigenvalue weighted by molar-refractivity contribution is 7.19. The predicted molar refractivity (Wildman–Crippen MR) is 138 cm³/mol. The van der Waals surface area contributed by atoms with E-state index in [0.717, 1.165) is 26.2 Å². The zero-order valence-electron chi connectivity index (χ0n) is 18.1. The van der Waals surface area contributed by atoms with Gasteiger partial charge in [-0.05, 0) is 41.0 Å². The molecule has 2 aliphatic carbocycles. The normalized spacial score (nSPS) is 11.4. The highest BCUT2D eigenvalue weighted by Crippen LogP contribution is 2.33. The predicted octanol–water partition coefficient (Wildman–Crippen LogP) is 6.69. The largest absolute Gasteiger partial charge is 0.477 e. The number of benzene rings is 3. The first kappa shape index (κ1) is 21.3. The van der Waals surface area contributed by atoms with Crippen molar-refractivity contribution >= 4 is 27.5 Å². The lowest BCUT2D eigenvalue weighted by molar-refractivity contribution is 0.0685. The first-order valence-electron chi connectivity index (χ1n) is 10.7. The summed E-state index contributed by atoms with van der Waals surface area (Å²) in [6.07, 6.45) is 5.81. The Bertz CT molecular complexity index is 1550. The van der Waals surface area contributed by atoms with Crippen LogP contribution in [0.25, 0.3) is 21.3 Å². The van der Waals surface area contributed by atoms with Gasteiger partial charge in [0.1, 0.15) is 11.7 Å². The van der Waals surface area contributed by atoms with E-state index in [1.165, 1.54) is 22.5 Å². The second-order valence-corrected chi connectivity index (χ2v) is 8.82. The minimum Gasteiger partial charge on any atom is -0.477 e. The molecule has 0 saturated heterocycles. The van der Waals surface area contributed by atoms with E-state index >= 15 is 0 Å². The third-order valence-corrected chi connectivity index (χ3v) is 6.59. The van der Waals surface area contributed by atoms with Crippen molar-refractivity contribution in [2.24, 2.45) is 0 Å². The molecule has 162 valence electrons. The molecule has 4 heteroatoms. The molecule has 1 atom stereocenters. The quantitative estimate of drug-likeness (QED) is 0.301. The fraction of sp³-hybridized carbons (Fsp3) is 0.0333. The molecule has 3 nitrogen and oxygen atoms in total. The average molecular weight is 458 g/mol. The standard InChI is InChI=1S/C24H15NO2S.C6H4/c1-2-20(18-11-7-4-8-12-18)25-21-15-19(14-13-17-9-5-3-6-10-17)28-23(21)16-22(25)24(26)27;1-2-6-4-3-5(1)6/h1,3-12,15-16,20H,(H,26,27);1-4H. The van der Waals surface area contributed by atoms with Crippen molar-refractivity contribution in [3.63, 3.8) is 0 Å². The lowest BCUT2D eigenvalue weighted by Crippen LogP contribution is -2.14.